The van der Waals surface area contributed by atoms with Crippen molar-refractivity contribution in [1.29, 1.82) is 0 Å². The lowest BCUT2D eigenvalue weighted by Crippen LogP contribution is -2.47. The summed E-state index contributed by atoms with van der Waals surface area (Å²) in [5, 5.41) is 10.5. The molecule has 0 amide bonds. The molecule has 1 aromatic heterocycles. The predicted molar refractivity (Wildman–Crippen MR) is 107 cm³/mol. The zero-order valence-electron chi connectivity index (χ0n) is 15.2. The number of β-amino-alcohol motifs (C(OH)–C–C–N with tert-alkyl or cyclic N) is 1. The van der Waals surface area contributed by atoms with E-state index in [2.05, 4.69) is 19.5 Å². The van der Waals surface area contributed by atoms with E-state index >= 15 is 0 Å². The maximum absolute atomic E-state index is 11.2. The third kappa shape index (κ3) is 5.31. The van der Waals surface area contributed by atoms with Crippen LogP contribution < -0.4 is 15.4 Å². The summed E-state index contributed by atoms with van der Waals surface area (Å²) in [6, 6.07) is 8.59. The lowest BCUT2D eigenvalue weighted by atomic mass is 10.1. The Morgan fingerprint density at radius 2 is 1.85 bits per heavy atom. The first-order valence-corrected chi connectivity index (χ1v) is 10.6. The van der Waals surface area contributed by atoms with Gasteiger partial charge in [0.1, 0.15) is 0 Å². The van der Waals surface area contributed by atoms with Gasteiger partial charge in [0, 0.05) is 44.6 Å². The van der Waals surface area contributed by atoms with Gasteiger partial charge in [0.15, 0.2) is 0 Å². The Morgan fingerprint density at radius 1 is 1.19 bits per heavy atom. The lowest BCUT2D eigenvalue weighted by molar-refractivity contribution is 0.109. The number of aliphatic hydroxyl groups is 1. The molecule has 1 saturated heterocycles. The summed E-state index contributed by atoms with van der Waals surface area (Å²) in [4.78, 5) is 8.55. The molecule has 0 radical (unpaired) electrons. The van der Waals surface area contributed by atoms with Gasteiger partial charge in [0.25, 0.3) is 0 Å². The predicted octanol–water partition coefficient (Wildman–Crippen LogP) is 0.891. The number of sulfonamides is 1. The maximum Gasteiger partial charge on any atom is 0.229 e. The molecule has 2 aromatic rings. The van der Waals surface area contributed by atoms with E-state index in [9.17, 15) is 13.5 Å². The summed E-state index contributed by atoms with van der Waals surface area (Å²) in [6.45, 7) is 3.80. The fourth-order valence-electron chi connectivity index (χ4n) is 3.17. The van der Waals surface area contributed by atoms with Crippen molar-refractivity contribution >= 4 is 27.1 Å². The van der Waals surface area contributed by atoms with Gasteiger partial charge in [-0.3, -0.25) is 14.6 Å². The maximum atomic E-state index is 11.2. The van der Waals surface area contributed by atoms with Crippen LogP contribution in [0.25, 0.3) is 0 Å². The smallest absolute Gasteiger partial charge is 0.229 e. The Balaban J connectivity index is 1.53. The summed E-state index contributed by atoms with van der Waals surface area (Å²) in [7, 11) is -3.30. The molecule has 3 rings (SSSR count). The molecule has 1 aliphatic rings. The molecule has 0 aliphatic carbocycles. The first kappa shape index (κ1) is 19.4. The molecule has 0 spiro atoms. The van der Waals surface area contributed by atoms with Gasteiger partial charge in [-0.25, -0.2) is 8.42 Å². The summed E-state index contributed by atoms with van der Waals surface area (Å²) >= 11 is 0. The SMILES string of the molecule is CS(=O)(=O)Nc1ccc(C(O)CN2CCN(c3cnccc3N)CC2)cc1. The molecule has 1 fully saturated rings. The van der Waals surface area contributed by atoms with Crippen molar-refractivity contribution in [2.75, 3.05) is 54.3 Å². The number of anilines is 3. The summed E-state index contributed by atoms with van der Waals surface area (Å²) in [5.74, 6) is 0. The molecule has 9 heteroatoms. The van der Waals surface area contributed by atoms with Crippen molar-refractivity contribution in [3.8, 4) is 0 Å². The number of benzene rings is 1. The van der Waals surface area contributed by atoms with Crippen LogP contribution in [-0.4, -0.2) is 62.4 Å². The molecule has 0 bridgehead atoms. The number of aromatic nitrogens is 1. The zero-order valence-corrected chi connectivity index (χ0v) is 16.1. The normalized spacial score (nSPS) is 16.9. The fraction of sp³-hybridized carbons (Fsp3) is 0.389. The van der Waals surface area contributed by atoms with Crippen molar-refractivity contribution < 1.29 is 13.5 Å². The minimum Gasteiger partial charge on any atom is -0.397 e. The van der Waals surface area contributed by atoms with E-state index in [1.165, 1.54) is 0 Å². The van der Waals surface area contributed by atoms with Crippen LogP contribution in [-0.2, 0) is 10.0 Å². The first-order valence-electron chi connectivity index (χ1n) is 8.74. The van der Waals surface area contributed by atoms with E-state index < -0.39 is 16.1 Å². The number of nitrogen functional groups attached to an aromatic ring is 1. The number of piperazine rings is 1. The first-order chi connectivity index (χ1) is 12.8. The Morgan fingerprint density at radius 3 is 2.44 bits per heavy atom. The summed E-state index contributed by atoms with van der Waals surface area (Å²) in [6.07, 6.45) is 3.94. The molecule has 27 heavy (non-hydrogen) atoms. The Bertz CT molecular complexity index is 865. The molecular formula is C18H25N5O3S. The third-order valence-electron chi connectivity index (χ3n) is 4.58. The van der Waals surface area contributed by atoms with Crippen molar-refractivity contribution in [2.45, 2.75) is 6.10 Å². The number of pyridine rings is 1. The van der Waals surface area contributed by atoms with E-state index in [4.69, 9.17) is 5.73 Å². The Hall–Kier alpha value is -2.36. The fourth-order valence-corrected chi connectivity index (χ4v) is 3.73. The van der Waals surface area contributed by atoms with Crippen LogP contribution in [0.1, 0.15) is 11.7 Å². The van der Waals surface area contributed by atoms with Crippen LogP contribution in [0.15, 0.2) is 42.7 Å². The van der Waals surface area contributed by atoms with Crippen LogP contribution >= 0.6 is 0 Å². The molecule has 8 nitrogen and oxygen atoms in total. The number of nitrogens with zero attached hydrogens (tertiary/aromatic N) is 3. The average Bonchev–Trinajstić information content (AvgIpc) is 2.62. The van der Waals surface area contributed by atoms with Gasteiger partial charge >= 0.3 is 0 Å². The van der Waals surface area contributed by atoms with E-state index in [-0.39, 0.29) is 0 Å². The number of nitrogens with two attached hydrogens (primary N) is 1. The van der Waals surface area contributed by atoms with Crippen LogP contribution in [0.5, 0.6) is 0 Å². The van der Waals surface area contributed by atoms with Crippen molar-refractivity contribution in [3.05, 3.63) is 48.3 Å². The van der Waals surface area contributed by atoms with Gasteiger partial charge in [0.2, 0.25) is 10.0 Å². The van der Waals surface area contributed by atoms with Crippen molar-refractivity contribution in [1.82, 2.24) is 9.88 Å². The molecule has 1 aliphatic heterocycles. The van der Waals surface area contributed by atoms with Gasteiger partial charge in [-0.2, -0.15) is 0 Å². The lowest BCUT2D eigenvalue weighted by Gasteiger charge is -2.37. The topological polar surface area (TPSA) is 112 Å². The minimum absolute atomic E-state index is 0.483. The number of aliphatic hydroxyl groups excluding tert-OH is 1. The molecule has 4 N–H and O–H groups in total. The second-order valence-electron chi connectivity index (χ2n) is 6.73. The van der Waals surface area contributed by atoms with Crippen LogP contribution in [0.4, 0.5) is 17.1 Å². The second-order valence-corrected chi connectivity index (χ2v) is 8.48. The second kappa shape index (κ2) is 8.12. The molecule has 1 atom stereocenters. The highest BCUT2D eigenvalue weighted by molar-refractivity contribution is 7.92. The van der Waals surface area contributed by atoms with Crippen molar-refractivity contribution in [3.63, 3.8) is 0 Å². The van der Waals surface area contributed by atoms with Gasteiger partial charge in [-0.05, 0) is 23.8 Å². The van der Waals surface area contributed by atoms with Gasteiger partial charge < -0.3 is 15.7 Å². The van der Waals surface area contributed by atoms with E-state index in [0.717, 1.165) is 49.4 Å². The summed E-state index contributed by atoms with van der Waals surface area (Å²) in [5.41, 5.74) is 8.93. The number of hydrogen-bond donors (Lipinski definition) is 3. The van der Waals surface area contributed by atoms with E-state index in [1.54, 1.807) is 42.7 Å². The molecule has 2 heterocycles. The largest absolute Gasteiger partial charge is 0.397 e. The van der Waals surface area contributed by atoms with Gasteiger partial charge in [0.05, 0.1) is 29.9 Å². The highest BCUT2D eigenvalue weighted by atomic mass is 32.2. The average molecular weight is 391 g/mol. The number of hydrogen-bond acceptors (Lipinski definition) is 7. The molecule has 0 saturated carbocycles. The van der Waals surface area contributed by atoms with E-state index in [1.807, 2.05) is 0 Å². The van der Waals surface area contributed by atoms with Crippen LogP contribution in [0.3, 0.4) is 0 Å². The quantitative estimate of drug-likeness (QED) is 0.670. The Kier molecular flexibility index (Phi) is 5.83. The standard InChI is InChI=1S/C18H25N5O3S/c1-27(25,26)21-15-4-2-14(3-5-15)18(24)13-22-8-10-23(11-9-22)17-12-20-7-6-16(17)19/h2-7,12,18,21,24H,8-11,13H2,1H3,(H2,19,20). The molecular weight excluding hydrogens is 366 g/mol. The zero-order chi connectivity index (χ0) is 19.4. The third-order valence-corrected chi connectivity index (χ3v) is 5.18. The van der Waals surface area contributed by atoms with Gasteiger partial charge in [-0.15, -0.1) is 0 Å². The highest BCUT2D eigenvalue weighted by Gasteiger charge is 2.21. The van der Waals surface area contributed by atoms with Crippen molar-refractivity contribution in [2.24, 2.45) is 0 Å². The monoisotopic (exact) mass is 391 g/mol. The Labute approximate surface area is 159 Å². The van der Waals surface area contributed by atoms with Crippen LogP contribution in [0, 0.1) is 0 Å². The van der Waals surface area contributed by atoms with E-state index in [0.29, 0.717) is 12.2 Å². The summed E-state index contributed by atoms with van der Waals surface area (Å²) < 4.78 is 24.9. The number of nitrogens with one attached hydrogen (secondary N) is 1. The number of rotatable bonds is 6. The van der Waals surface area contributed by atoms with Crippen LogP contribution in [0.2, 0.25) is 0 Å². The minimum atomic E-state index is -3.30. The molecule has 146 valence electrons. The van der Waals surface area contributed by atoms with Gasteiger partial charge in [-0.1, -0.05) is 12.1 Å². The molecule has 1 unspecified atom stereocenters. The highest BCUT2D eigenvalue weighted by Crippen LogP contribution is 2.23. The molecule has 1 aromatic carbocycles.